The molecule has 0 radical (unpaired) electrons. The number of nitrogen functional groups attached to an aromatic ring is 1. The van der Waals surface area contributed by atoms with E-state index in [9.17, 15) is 9.65 Å². The number of anilines is 1. The predicted molar refractivity (Wildman–Crippen MR) is 75.4 cm³/mol. The molecule has 0 saturated carbocycles. The van der Waals surface area contributed by atoms with Crippen molar-refractivity contribution >= 4 is 5.82 Å². The fraction of sp³-hybridized carbons (Fsp3) is 0.250. The number of halogens is 1. The molecular weight excluding hydrogens is 253 g/mol. The van der Waals surface area contributed by atoms with E-state index in [-0.39, 0.29) is 11.6 Å². The molecule has 3 nitrogen and oxygen atoms in total. The van der Waals surface area contributed by atoms with Crippen LogP contribution in [0.15, 0.2) is 24.3 Å². The highest BCUT2D eigenvalue weighted by atomic mass is 19.1. The number of aromatic nitrogens is 1. The second-order valence-electron chi connectivity index (χ2n) is 5.00. The molecule has 0 unspecified atom stereocenters. The Balaban J connectivity index is 2.32. The fourth-order valence-electron chi connectivity index (χ4n) is 2.84. The largest absolute Gasteiger partial charge is 0.383 e. The van der Waals surface area contributed by atoms with Gasteiger partial charge >= 0.3 is 0 Å². The summed E-state index contributed by atoms with van der Waals surface area (Å²) in [6.45, 7) is 0. The Labute approximate surface area is 116 Å². The summed E-state index contributed by atoms with van der Waals surface area (Å²) in [5, 5.41) is 9.37. The van der Waals surface area contributed by atoms with Crippen LogP contribution in [0.5, 0.6) is 0 Å². The Morgan fingerprint density at radius 3 is 2.80 bits per heavy atom. The monoisotopic (exact) mass is 267 g/mol. The molecule has 1 heterocycles. The summed E-state index contributed by atoms with van der Waals surface area (Å²) in [5.41, 5.74) is 9.72. The Morgan fingerprint density at radius 1 is 1.25 bits per heavy atom. The van der Waals surface area contributed by atoms with Crippen molar-refractivity contribution in [2.75, 3.05) is 5.73 Å². The zero-order valence-corrected chi connectivity index (χ0v) is 11.0. The lowest BCUT2D eigenvalue weighted by atomic mass is 9.86. The van der Waals surface area contributed by atoms with Gasteiger partial charge in [0.15, 0.2) is 0 Å². The number of nitriles is 1. The van der Waals surface area contributed by atoms with Crippen LogP contribution < -0.4 is 5.73 Å². The first-order chi connectivity index (χ1) is 9.70. The van der Waals surface area contributed by atoms with E-state index >= 15 is 0 Å². The highest BCUT2D eigenvalue weighted by Crippen LogP contribution is 2.35. The minimum absolute atomic E-state index is 0.243. The minimum Gasteiger partial charge on any atom is -0.383 e. The number of nitrogens with zero attached hydrogens (tertiary/aromatic N) is 2. The van der Waals surface area contributed by atoms with Crippen molar-refractivity contribution < 1.29 is 4.39 Å². The molecule has 0 bridgehead atoms. The maximum Gasteiger partial charge on any atom is 0.142 e. The number of rotatable bonds is 1. The molecule has 1 aliphatic carbocycles. The highest BCUT2D eigenvalue weighted by molar-refractivity contribution is 5.79. The van der Waals surface area contributed by atoms with Crippen LogP contribution in [0.4, 0.5) is 10.2 Å². The predicted octanol–water partition coefficient (Wildman–Crippen LogP) is 3.22. The van der Waals surface area contributed by atoms with Crippen LogP contribution >= 0.6 is 0 Å². The zero-order chi connectivity index (χ0) is 14.1. The van der Waals surface area contributed by atoms with Crippen LogP contribution in [0.25, 0.3) is 11.1 Å². The quantitative estimate of drug-likeness (QED) is 0.862. The summed E-state index contributed by atoms with van der Waals surface area (Å²) in [6.07, 6.45) is 3.87. The van der Waals surface area contributed by atoms with Gasteiger partial charge in [0.25, 0.3) is 0 Å². The van der Waals surface area contributed by atoms with Gasteiger partial charge in [0, 0.05) is 11.3 Å². The molecule has 100 valence electrons. The molecule has 0 atom stereocenters. The van der Waals surface area contributed by atoms with E-state index in [4.69, 9.17) is 5.73 Å². The molecule has 0 saturated heterocycles. The first-order valence-electron chi connectivity index (χ1n) is 6.68. The lowest BCUT2D eigenvalue weighted by Crippen LogP contribution is -2.11. The van der Waals surface area contributed by atoms with Gasteiger partial charge in [0.2, 0.25) is 0 Å². The molecule has 4 heteroatoms. The molecule has 0 fully saturated rings. The van der Waals surface area contributed by atoms with Gasteiger partial charge in [-0.1, -0.05) is 12.1 Å². The normalized spacial score (nSPS) is 13.6. The molecular formula is C16H14FN3. The molecule has 3 rings (SSSR count). The lowest BCUT2D eigenvalue weighted by molar-refractivity contribution is 0.628. The van der Waals surface area contributed by atoms with E-state index in [1.54, 1.807) is 6.07 Å². The number of fused-ring (bicyclic) bond motifs is 1. The fourth-order valence-corrected chi connectivity index (χ4v) is 2.84. The Morgan fingerprint density at radius 2 is 2.05 bits per heavy atom. The maximum absolute atomic E-state index is 13.5. The standard InChI is InChI=1S/C16H14FN3/c17-11-5-3-4-10(8-11)15-12-6-1-2-7-14(12)20-16(19)13(15)9-18/h3-5,8H,1-2,6-7H2,(H2,19,20). The van der Waals surface area contributed by atoms with Gasteiger partial charge < -0.3 is 5.73 Å². The topological polar surface area (TPSA) is 62.7 Å². The number of benzene rings is 1. The maximum atomic E-state index is 13.5. The van der Waals surface area contributed by atoms with Gasteiger partial charge in [0.1, 0.15) is 23.3 Å². The van der Waals surface area contributed by atoms with Crippen LogP contribution in [-0.4, -0.2) is 4.98 Å². The highest BCUT2D eigenvalue weighted by Gasteiger charge is 2.21. The van der Waals surface area contributed by atoms with Crippen molar-refractivity contribution in [3.8, 4) is 17.2 Å². The molecule has 2 N–H and O–H groups in total. The molecule has 1 aromatic heterocycles. The second kappa shape index (κ2) is 4.93. The smallest absolute Gasteiger partial charge is 0.142 e. The van der Waals surface area contributed by atoms with Gasteiger partial charge in [-0.3, -0.25) is 0 Å². The van der Waals surface area contributed by atoms with Crippen molar-refractivity contribution in [3.05, 3.63) is 46.9 Å². The third-order valence-corrected chi connectivity index (χ3v) is 3.73. The number of aryl methyl sites for hydroxylation is 1. The summed E-state index contributed by atoms with van der Waals surface area (Å²) < 4.78 is 13.5. The van der Waals surface area contributed by atoms with Crippen molar-refractivity contribution in [3.63, 3.8) is 0 Å². The number of nitrogens with two attached hydrogens (primary N) is 1. The molecule has 0 spiro atoms. The van der Waals surface area contributed by atoms with E-state index in [1.165, 1.54) is 12.1 Å². The molecule has 20 heavy (non-hydrogen) atoms. The summed E-state index contributed by atoms with van der Waals surface area (Å²) in [6, 6.07) is 8.43. The Bertz CT molecular complexity index is 716. The molecule has 2 aromatic rings. The first-order valence-corrected chi connectivity index (χ1v) is 6.68. The van der Waals surface area contributed by atoms with Crippen molar-refractivity contribution in [1.82, 2.24) is 4.98 Å². The molecule has 1 aliphatic rings. The summed E-state index contributed by atoms with van der Waals surface area (Å²) in [4.78, 5) is 4.35. The SMILES string of the molecule is N#Cc1c(N)nc2c(c1-c1cccc(F)c1)CCCC2. The van der Waals surface area contributed by atoms with Gasteiger partial charge in [-0.2, -0.15) is 5.26 Å². The van der Waals surface area contributed by atoms with Crippen LogP contribution in [0.3, 0.4) is 0 Å². The first kappa shape index (κ1) is 12.6. The van der Waals surface area contributed by atoms with Gasteiger partial charge in [-0.15, -0.1) is 0 Å². The van der Waals surface area contributed by atoms with Crippen molar-refractivity contribution in [1.29, 1.82) is 5.26 Å². The van der Waals surface area contributed by atoms with Crippen LogP contribution in [0.2, 0.25) is 0 Å². The number of hydrogen-bond donors (Lipinski definition) is 1. The third-order valence-electron chi connectivity index (χ3n) is 3.73. The molecule has 0 aliphatic heterocycles. The van der Waals surface area contributed by atoms with Crippen LogP contribution in [0.1, 0.15) is 29.7 Å². The van der Waals surface area contributed by atoms with Gasteiger partial charge in [-0.05, 0) is 48.9 Å². The third kappa shape index (κ3) is 2.01. The summed E-state index contributed by atoms with van der Waals surface area (Å²) in [5.74, 6) is -0.0706. The van der Waals surface area contributed by atoms with Crippen molar-refractivity contribution in [2.45, 2.75) is 25.7 Å². The van der Waals surface area contributed by atoms with Crippen LogP contribution in [-0.2, 0) is 12.8 Å². The average molecular weight is 267 g/mol. The lowest BCUT2D eigenvalue weighted by Gasteiger charge is -2.21. The van der Waals surface area contributed by atoms with E-state index in [0.29, 0.717) is 11.1 Å². The van der Waals surface area contributed by atoms with Crippen LogP contribution in [0, 0.1) is 17.1 Å². The molecule has 0 amide bonds. The second-order valence-corrected chi connectivity index (χ2v) is 5.00. The number of pyridine rings is 1. The zero-order valence-electron chi connectivity index (χ0n) is 11.0. The van der Waals surface area contributed by atoms with Gasteiger partial charge in [-0.25, -0.2) is 9.37 Å². The summed E-state index contributed by atoms with van der Waals surface area (Å²) >= 11 is 0. The average Bonchev–Trinajstić information content (AvgIpc) is 2.45. The van der Waals surface area contributed by atoms with E-state index in [1.807, 2.05) is 6.07 Å². The van der Waals surface area contributed by atoms with E-state index in [2.05, 4.69) is 11.1 Å². The van der Waals surface area contributed by atoms with E-state index in [0.717, 1.165) is 42.5 Å². The van der Waals surface area contributed by atoms with Gasteiger partial charge in [0.05, 0.1) is 0 Å². The van der Waals surface area contributed by atoms with Crippen molar-refractivity contribution in [2.24, 2.45) is 0 Å². The Hall–Kier alpha value is -2.41. The molecule has 1 aromatic carbocycles. The minimum atomic E-state index is -0.314. The Kier molecular flexibility index (Phi) is 3.11. The number of hydrogen-bond acceptors (Lipinski definition) is 3. The summed E-state index contributed by atoms with van der Waals surface area (Å²) in [7, 11) is 0. The van der Waals surface area contributed by atoms with E-state index < -0.39 is 0 Å².